The topological polar surface area (TPSA) is 56.5 Å². The first-order valence-electron chi connectivity index (χ1n) is 8.95. The average Bonchev–Trinajstić information content (AvgIpc) is 3.28. The molecule has 0 fully saturated rings. The van der Waals surface area contributed by atoms with Crippen molar-refractivity contribution in [2.75, 3.05) is 0 Å². The van der Waals surface area contributed by atoms with Gasteiger partial charge in [-0.25, -0.2) is 9.48 Å². The average molecular weight is 436 g/mol. The Morgan fingerprint density at radius 1 is 1.07 bits per heavy atom. The number of hydrogen-bond donors (Lipinski definition) is 0. The molecule has 0 N–H and O–H groups in total. The van der Waals surface area contributed by atoms with E-state index in [0.29, 0.717) is 11.3 Å². The van der Waals surface area contributed by atoms with Gasteiger partial charge < -0.3 is 4.84 Å². The van der Waals surface area contributed by atoms with Gasteiger partial charge in [-0.1, -0.05) is 65.3 Å². The van der Waals surface area contributed by atoms with Crippen molar-refractivity contribution in [3.63, 3.8) is 0 Å². The second kappa shape index (κ2) is 7.56. The molecule has 3 aromatic rings. The third-order valence-corrected chi connectivity index (χ3v) is 4.98. The molecule has 0 atom stereocenters. The summed E-state index contributed by atoms with van der Waals surface area (Å²) in [6.07, 6.45) is 3.74. The number of carbonyl (C=O) groups is 1. The Bertz CT molecular complexity index is 1080. The van der Waals surface area contributed by atoms with Gasteiger partial charge in [-0.05, 0) is 36.3 Å². The van der Waals surface area contributed by atoms with Crippen LogP contribution in [0.25, 0.3) is 23.0 Å². The normalized spacial score (nSPS) is 15.2. The van der Waals surface area contributed by atoms with Crippen LogP contribution in [0.15, 0.2) is 76.0 Å². The van der Waals surface area contributed by atoms with Gasteiger partial charge in [0, 0.05) is 21.8 Å². The van der Waals surface area contributed by atoms with E-state index < -0.39 is 5.97 Å². The summed E-state index contributed by atoms with van der Waals surface area (Å²) in [4.78, 5) is 17.1. The molecule has 0 saturated heterocycles. The number of hydrogen-bond acceptors (Lipinski definition) is 4. The molecule has 0 spiro atoms. The molecule has 2 aromatic carbocycles. The molecule has 0 saturated carbocycles. The lowest BCUT2D eigenvalue weighted by atomic mass is 9.98. The van der Waals surface area contributed by atoms with Gasteiger partial charge >= 0.3 is 5.97 Å². The van der Waals surface area contributed by atoms with Gasteiger partial charge in [0.05, 0.1) is 22.7 Å². The van der Waals surface area contributed by atoms with Crippen LogP contribution in [0, 0.1) is 5.92 Å². The van der Waals surface area contributed by atoms with Crippen molar-refractivity contribution >= 4 is 33.7 Å². The maximum Gasteiger partial charge on any atom is 0.367 e. The highest BCUT2D eigenvalue weighted by molar-refractivity contribution is 9.10. The number of para-hydroxylation sites is 1. The predicted octanol–water partition coefficient (Wildman–Crippen LogP) is 5.25. The van der Waals surface area contributed by atoms with Crippen molar-refractivity contribution in [1.82, 2.24) is 9.78 Å². The summed E-state index contributed by atoms with van der Waals surface area (Å²) in [7, 11) is 0. The van der Waals surface area contributed by atoms with Crippen molar-refractivity contribution in [1.29, 1.82) is 0 Å². The van der Waals surface area contributed by atoms with Crippen molar-refractivity contribution in [2.45, 2.75) is 13.8 Å². The summed E-state index contributed by atoms with van der Waals surface area (Å²) in [6, 6.07) is 17.8. The molecule has 0 amide bonds. The smallest absolute Gasteiger partial charge is 0.312 e. The van der Waals surface area contributed by atoms with E-state index in [1.54, 1.807) is 0 Å². The molecule has 0 radical (unpaired) electrons. The fraction of sp³-hybridized carbons (Fsp3) is 0.136. The maximum absolute atomic E-state index is 12.2. The number of oxime groups is 1. The van der Waals surface area contributed by atoms with Crippen LogP contribution in [0.5, 0.6) is 0 Å². The molecule has 0 unspecified atom stereocenters. The minimum absolute atomic E-state index is 0.0815. The number of nitrogens with zero attached hydrogens (tertiary/aromatic N) is 3. The molecule has 5 nitrogen and oxygen atoms in total. The predicted molar refractivity (Wildman–Crippen MR) is 113 cm³/mol. The minimum Gasteiger partial charge on any atom is -0.312 e. The lowest BCUT2D eigenvalue weighted by Crippen LogP contribution is -2.11. The van der Waals surface area contributed by atoms with E-state index in [-0.39, 0.29) is 5.92 Å². The quantitative estimate of drug-likeness (QED) is 0.415. The van der Waals surface area contributed by atoms with Crippen LogP contribution in [0.4, 0.5) is 0 Å². The van der Waals surface area contributed by atoms with E-state index in [4.69, 9.17) is 9.94 Å². The molecular formula is C22H18BrN3O2. The molecule has 0 aliphatic carbocycles. The molecule has 0 bridgehead atoms. The Morgan fingerprint density at radius 2 is 1.79 bits per heavy atom. The Hall–Kier alpha value is -2.99. The largest absolute Gasteiger partial charge is 0.367 e. The molecule has 1 aliphatic rings. The second-order valence-electron chi connectivity index (χ2n) is 6.79. The fourth-order valence-electron chi connectivity index (χ4n) is 3.04. The van der Waals surface area contributed by atoms with Gasteiger partial charge in [-0.3, -0.25) is 0 Å². The zero-order valence-electron chi connectivity index (χ0n) is 15.5. The van der Waals surface area contributed by atoms with E-state index >= 15 is 0 Å². The summed E-state index contributed by atoms with van der Waals surface area (Å²) in [5.74, 6) is -0.351. The van der Waals surface area contributed by atoms with Crippen LogP contribution in [-0.4, -0.2) is 21.5 Å². The number of rotatable bonds is 4. The fourth-order valence-corrected chi connectivity index (χ4v) is 3.30. The monoisotopic (exact) mass is 435 g/mol. The van der Waals surface area contributed by atoms with Crippen molar-refractivity contribution in [2.24, 2.45) is 11.1 Å². The third-order valence-electron chi connectivity index (χ3n) is 4.45. The summed E-state index contributed by atoms with van der Waals surface area (Å²) in [5, 5.41) is 8.72. The SMILES string of the molecule is CC(C)C1=NOC(=O)C1=Cc1cn(-c2ccccc2)nc1-c1ccc(Br)cc1. The number of halogens is 1. The Balaban J connectivity index is 1.87. The second-order valence-corrected chi connectivity index (χ2v) is 7.70. The van der Waals surface area contributed by atoms with E-state index in [1.807, 2.05) is 85.4 Å². The third kappa shape index (κ3) is 3.55. The van der Waals surface area contributed by atoms with E-state index in [9.17, 15) is 4.79 Å². The van der Waals surface area contributed by atoms with Gasteiger partial charge in [-0.15, -0.1) is 0 Å². The van der Waals surface area contributed by atoms with Crippen molar-refractivity contribution < 1.29 is 9.63 Å². The number of aromatic nitrogens is 2. The first-order valence-corrected chi connectivity index (χ1v) is 9.74. The standard InChI is InChI=1S/C22H18BrN3O2/c1-14(2)20-19(22(27)28-25-20)12-16-13-26(18-6-4-3-5-7-18)24-21(16)15-8-10-17(23)11-9-15/h3-14H,1-2H3. The zero-order valence-corrected chi connectivity index (χ0v) is 17.1. The van der Waals surface area contributed by atoms with Crippen LogP contribution in [0.3, 0.4) is 0 Å². The van der Waals surface area contributed by atoms with E-state index in [2.05, 4.69) is 21.1 Å². The van der Waals surface area contributed by atoms with Crippen LogP contribution in [0.1, 0.15) is 19.4 Å². The van der Waals surface area contributed by atoms with Crippen LogP contribution in [0.2, 0.25) is 0 Å². The minimum atomic E-state index is -0.432. The molecule has 6 heteroatoms. The lowest BCUT2D eigenvalue weighted by Gasteiger charge is -2.03. The van der Waals surface area contributed by atoms with Gasteiger partial charge in [0.2, 0.25) is 0 Å². The van der Waals surface area contributed by atoms with E-state index in [0.717, 1.165) is 27.0 Å². The number of carbonyl (C=O) groups excluding carboxylic acids is 1. The van der Waals surface area contributed by atoms with Crippen molar-refractivity contribution in [3.8, 4) is 16.9 Å². The van der Waals surface area contributed by atoms with Gasteiger partial charge in [0.15, 0.2) is 0 Å². The summed E-state index contributed by atoms with van der Waals surface area (Å²) >= 11 is 3.47. The molecule has 4 rings (SSSR count). The molecule has 140 valence electrons. The summed E-state index contributed by atoms with van der Waals surface area (Å²) in [6.45, 7) is 3.97. The highest BCUT2D eigenvalue weighted by Crippen LogP contribution is 2.29. The summed E-state index contributed by atoms with van der Waals surface area (Å²) in [5.41, 5.74) is 4.64. The highest BCUT2D eigenvalue weighted by Gasteiger charge is 2.28. The highest BCUT2D eigenvalue weighted by atomic mass is 79.9. The molecule has 1 aliphatic heterocycles. The van der Waals surface area contributed by atoms with Gasteiger partial charge in [-0.2, -0.15) is 5.10 Å². The first kappa shape index (κ1) is 18.4. The Kier molecular flexibility index (Phi) is 4.96. The first-order chi connectivity index (χ1) is 13.5. The molecule has 28 heavy (non-hydrogen) atoms. The van der Waals surface area contributed by atoms with Crippen LogP contribution >= 0.6 is 15.9 Å². The molecule has 2 heterocycles. The zero-order chi connectivity index (χ0) is 19.7. The Morgan fingerprint density at radius 3 is 2.46 bits per heavy atom. The number of benzene rings is 2. The molecular weight excluding hydrogens is 418 g/mol. The summed E-state index contributed by atoms with van der Waals surface area (Å²) < 4.78 is 2.81. The molecule has 1 aromatic heterocycles. The maximum atomic E-state index is 12.2. The van der Waals surface area contributed by atoms with Crippen LogP contribution < -0.4 is 0 Å². The van der Waals surface area contributed by atoms with Crippen molar-refractivity contribution in [3.05, 3.63) is 76.4 Å². The lowest BCUT2D eigenvalue weighted by molar-refractivity contribution is -0.136. The van der Waals surface area contributed by atoms with Gasteiger partial charge in [0.1, 0.15) is 0 Å². The Labute approximate surface area is 171 Å². The van der Waals surface area contributed by atoms with Gasteiger partial charge in [0.25, 0.3) is 0 Å². The van der Waals surface area contributed by atoms with E-state index in [1.165, 1.54) is 0 Å². The van der Waals surface area contributed by atoms with Crippen LogP contribution in [-0.2, 0) is 9.63 Å².